The van der Waals surface area contributed by atoms with Gasteiger partial charge in [0.15, 0.2) is 0 Å². The van der Waals surface area contributed by atoms with E-state index >= 15 is 0 Å². The lowest BCUT2D eigenvalue weighted by molar-refractivity contribution is 0.0145. The lowest BCUT2D eigenvalue weighted by Gasteiger charge is -2.24. The number of ether oxygens (including phenoxy) is 3. The molecule has 17 nitrogen and oxygen atoms in total. The molecule has 0 unspecified atom stereocenters. The van der Waals surface area contributed by atoms with E-state index in [2.05, 4.69) is 21.3 Å². The summed E-state index contributed by atoms with van der Waals surface area (Å²) in [7, 11) is 7.66. The first kappa shape index (κ1) is 46.3. The van der Waals surface area contributed by atoms with Gasteiger partial charge in [-0.1, -0.05) is 0 Å². The Morgan fingerprint density at radius 3 is 0.905 bits per heavy atom. The van der Waals surface area contributed by atoms with Crippen LogP contribution in [0.1, 0.15) is 76.5 Å². The van der Waals surface area contributed by atoms with Gasteiger partial charge in [-0.15, -0.1) is 0 Å². The Bertz CT molecular complexity index is 2190. The van der Waals surface area contributed by atoms with Crippen molar-refractivity contribution in [3.63, 3.8) is 0 Å². The fourth-order valence-corrected chi connectivity index (χ4v) is 7.48. The number of benzene rings is 4. The van der Waals surface area contributed by atoms with Crippen molar-refractivity contribution >= 4 is 45.9 Å². The summed E-state index contributed by atoms with van der Waals surface area (Å²) < 4.78 is 17.0. The van der Waals surface area contributed by atoms with Gasteiger partial charge in [-0.2, -0.15) is 0 Å². The normalized spacial score (nSPS) is 12.9. The summed E-state index contributed by atoms with van der Waals surface area (Å²) in [6.07, 6.45) is 1.14. The zero-order valence-electron chi connectivity index (χ0n) is 36.1. The lowest BCUT2D eigenvalue weighted by Crippen LogP contribution is -2.26. The number of anilines is 4. The minimum Gasteiger partial charge on any atom is -0.507 e. The fraction of sp³-hybridized carbons (Fsp3) is 0.391. The molecule has 0 heterocycles. The molecule has 4 aromatic carbocycles. The van der Waals surface area contributed by atoms with Crippen molar-refractivity contribution in [3.8, 4) is 23.0 Å². The molecule has 0 spiro atoms. The number of likely N-dealkylation sites (N-methyl/N-ethyl adjacent to an activating group) is 2. The average Bonchev–Trinajstić information content (AvgIpc) is 3.24. The third-order valence-corrected chi connectivity index (χ3v) is 10.6. The molecule has 63 heavy (non-hydrogen) atoms. The first-order valence-corrected chi connectivity index (χ1v) is 20.9. The Kier molecular flexibility index (Phi) is 15.6. The third-order valence-electron chi connectivity index (χ3n) is 10.6. The summed E-state index contributed by atoms with van der Waals surface area (Å²) in [5.74, 6) is -3.47. The van der Waals surface area contributed by atoms with E-state index in [1.54, 1.807) is 12.1 Å². The predicted molar refractivity (Wildman–Crippen MR) is 239 cm³/mol. The van der Waals surface area contributed by atoms with Gasteiger partial charge in [0, 0.05) is 75.2 Å². The van der Waals surface area contributed by atoms with Gasteiger partial charge < -0.3 is 65.7 Å². The van der Waals surface area contributed by atoms with Crippen LogP contribution in [-0.4, -0.2) is 160 Å². The second kappa shape index (κ2) is 21.2. The van der Waals surface area contributed by atoms with Crippen molar-refractivity contribution in [2.75, 3.05) is 128 Å². The maximum atomic E-state index is 13.8. The van der Waals surface area contributed by atoms with Crippen LogP contribution in [0.3, 0.4) is 0 Å². The van der Waals surface area contributed by atoms with E-state index in [1.165, 1.54) is 36.4 Å². The van der Waals surface area contributed by atoms with Gasteiger partial charge in [-0.25, -0.2) is 0 Å². The summed E-state index contributed by atoms with van der Waals surface area (Å²) in [6, 6.07) is 11.7. The van der Waals surface area contributed by atoms with Crippen molar-refractivity contribution in [1.29, 1.82) is 0 Å². The first-order valence-electron chi connectivity index (χ1n) is 20.9. The van der Waals surface area contributed by atoms with Gasteiger partial charge in [-0.05, 0) is 89.6 Å². The summed E-state index contributed by atoms with van der Waals surface area (Å²) in [4.78, 5) is 58.9. The van der Waals surface area contributed by atoms with Crippen molar-refractivity contribution in [1.82, 2.24) is 9.80 Å². The number of hydrogen-bond acceptors (Lipinski definition) is 17. The highest BCUT2D eigenvalue weighted by Gasteiger charge is 2.39. The molecule has 0 aliphatic heterocycles. The number of hydrogen-bond donors (Lipinski definition) is 8. The van der Waals surface area contributed by atoms with Crippen LogP contribution < -0.4 is 21.3 Å². The van der Waals surface area contributed by atoms with Crippen LogP contribution in [0.25, 0.3) is 0 Å². The fourth-order valence-electron chi connectivity index (χ4n) is 7.48. The molecule has 0 saturated heterocycles. The van der Waals surface area contributed by atoms with E-state index in [0.29, 0.717) is 115 Å². The van der Waals surface area contributed by atoms with E-state index in [-0.39, 0.29) is 67.5 Å². The summed E-state index contributed by atoms with van der Waals surface area (Å²) in [5, 5.41) is 55.4. The highest BCUT2D eigenvalue weighted by Crippen LogP contribution is 2.44. The number of nitrogens with zero attached hydrogens (tertiary/aromatic N) is 2. The van der Waals surface area contributed by atoms with Crippen molar-refractivity contribution in [3.05, 3.63) is 93.0 Å². The Balaban J connectivity index is 0.878. The number of phenols is 4. The molecule has 0 bridgehead atoms. The molecule has 0 radical (unpaired) electrons. The molecule has 2 aliphatic rings. The summed E-state index contributed by atoms with van der Waals surface area (Å²) in [5.41, 5.74) is 1.23. The molecule has 17 heteroatoms. The molecule has 336 valence electrons. The molecule has 0 atom stereocenters. The minimum atomic E-state index is -0.558. The van der Waals surface area contributed by atoms with Crippen molar-refractivity contribution in [2.45, 2.75) is 12.8 Å². The lowest BCUT2D eigenvalue weighted by atomic mass is 9.81. The zero-order valence-corrected chi connectivity index (χ0v) is 36.1. The second-order valence-electron chi connectivity index (χ2n) is 15.7. The van der Waals surface area contributed by atoms with E-state index in [1.807, 2.05) is 38.0 Å². The third kappa shape index (κ3) is 10.5. The smallest absolute Gasteiger partial charge is 0.200 e. The van der Waals surface area contributed by atoms with E-state index in [0.717, 1.165) is 0 Å². The molecule has 0 saturated carbocycles. The number of carbonyl (C=O) groups is 4. The standard InChI is InChI=1S/C46H56N6O11/c1-51(2)19-17-49-29-9-13-33(55)41-37(29)45(59)39-31(53)11-7-27(35(39)43(41)57)47-15-5-21-61-23-25-63-26-24-62-22-6-16-48-28-8-12-32(54)40-36(28)44(58)42-34(56)14-10-30(38(42)46(40)60)50-18-20-52(3)4/h7-14,47-50,53-56H,5-6,15-26H2,1-4H3. The molecule has 0 fully saturated rings. The number of rotatable bonds is 24. The van der Waals surface area contributed by atoms with Gasteiger partial charge in [0.25, 0.3) is 0 Å². The van der Waals surface area contributed by atoms with Gasteiger partial charge in [-0.3, -0.25) is 19.2 Å². The predicted octanol–water partition coefficient (Wildman–Crippen LogP) is 4.36. The van der Waals surface area contributed by atoms with Crippen LogP contribution in [0, 0.1) is 0 Å². The quantitative estimate of drug-likeness (QED) is 0.0312. The van der Waals surface area contributed by atoms with Gasteiger partial charge in [0.05, 0.1) is 70.9 Å². The molecular formula is C46H56N6O11. The minimum absolute atomic E-state index is 0.0118. The Labute approximate surface area is 366 Å². The summed E-state index contributed by atoms with van der Waals surface area (Å²) >= 11 is 0. The number of ketones is 4. The average molecular weight is 869 g/mol. The van der Waals surface area contributed by atoms with Gasteiger partial charge in [0.1, 0.15) is 23.0 Å². The maximum absolute atomic E-state index is 13.8. The Morgan fingerprint density at radius 1 is 0.381 bits per heavy atom. The number of nitrogens with one attached hydrogen (secondary N) is 4. The van der Waals surface area contributed by atoms with Gasteiger partial charge >= 0.3 is 0 Å². The van der Waals surface area contributed by atoms with E-state index in [4.69, 9.17) is 14.2 Å². The molecule has 4 aromatic rings. The highest BCUT2D eigenvalue weighted by molar-refractivity contribution is 6.34. The Morgan fingerprint density at radius 2 is 0.635 bits per heavy atom. The number of phenolic OH excluding ortho intramolecular Hbond substituents is 4. The molecule has 0 amide bonds. The number of carbonyl (C=O) groups excluding carboxylic acids is 4. The van der Waals surface area contributed by atoms with E-state index in [9.17, 15) is 39.6 Å². The van der Waals surface area contributed by atoms with E-state index < -0.39 is 23.1 Å². The maximum Gasteiger partial charge on any atom is 0.200 e. The zero-order chi connectivity index (χ0) is 45.2. The van der Waals surface area contributed by atoms with Crippen LogP contribution in [0.2, 0.25) is 0 Å². The number of fused-ring (bicyclic) bond motifs is 4. The topological polar surface area (TPSA) is 231 Å². The Hall–Kier alpha value is -6.24. The SMILES string of the molecule is CN(C)CCNc1ccc(O)c2c1C(=O)c1c(O)ccc(NCCCOCCOCCOCCCNc3ccc(O)c4c3C(=O)c3c(O)ccc(NCCN(C)C)c3C4=O)c1C2=O. The molecule has 0 aromatic heterocycles. The summed E-state index contributed by atoms with van der Waals surface area (Å²) in [6.45, 7) is 5.35. The van der Waals surface area contributed by atoms with Crippen LogP contribution >= 0.6 is 0 Å². The number of aromatic hydroxyl groups is 4. The van der Waals surface area contributed by atoms with Crippen LogP contribution in [0.4, 0.5) is 22.7 Å². The molecular weight excluding hydrogens is 813 g/mol. The second-order valence-corrected chi connectivity index (χ2v) is 15.7. The van der Waals surface area contributed by atoms with Crippen molar-refractivity contribution < 1.29 is 53.8 Å². The molecule has 6 rings (SSSR count). The first-order chi connectivity index (χ1) is 30.3. The van der Waals surface area contributed by atoms with Crippen LogP contribution in [0.5, 0.6) is 23.0 Å². The largest absolute Gasteiger partial charge is 0.507 e. The van der Waals surface area contributed by atoms with Gasteiger partial charge in [0.2, 0.25) is 23.1 Å². The van der Waals surface area contributed by atoms with Crippen LogP contribution in [-0.2, 0) is 14.2 Å². The highest BCUT2D eigenvalue weighted by atomic mass is 16.5. The molecule has 2 aliphatic carbocycles. The molecule has 8 N–H and O–H groups in total. The van der Waals surface area contributed by atoms with Crippen molar-refractivity contribution in [2.24, 2.45) is 0 Å². The monoisotopic (exact) mass is 868 g/mol. The van der Waals surface area contributed by atoms with Crippen LogP contribution in [0.15, 0.2) is 48.5 Å².